The minimum absolute atomic E-state index is 0.0273. The molecule has 0 radical (unpaired) electrons. The van der Waals surface area contributed by atoms with Gasteiger partial charge in [0.15, 0.2) is 0 Å². The average Bonchev–Trinajstić information content (AvgIpc) is 2.76. The number of hydrogen-bond acceptors (Lipinski definition) is 5. The summed E-state index contributed by atoms with van der Waals surface area (Å²) in [6.07, 6.45) is -3.41. The van der Waals surface area contributed by atoms with Crippen LogP contribution in [0.5, 0.6) is 0 Å². The van der Waals surface area contributed by atoms with Crippen LogP contribution in [-0.4, -0.2) is 90.8 Å². The van der Waals surface area contributed by atoms with Gasteiger partial charge in [-0.1, -0.05) is 17.7 Å². The average molecular weight is 459 g/mol. The summed E-state index contributed by atoms with van der Waals surface area (Å²) in [6, 6.07) is 7.73. The number of benzene rings is 1. The molecule has 11 heteroatoms. The number of hydrogen-bond donors (Lipinski definition) is 2. The molecule has 0 bridgehead atoms. The van der Waals surface area contributed by atoms with Gasteiger partial charge in [-0.05, 0) is 31.9 Å². The standard InChI is InChI=1S/C19H27N3O3.C2HF3O2/c1-15-3-5-16(6-4-15)18(24)21-9-7-19(8-10-21)14-25-12-11-22(19)13-17(23)20-2;3-2(4,5)1(6)7/h3-6H,7-14H2,1-2H3,(H,20,23);(H,6,7). The van der Waals surface area contributed by atoms with Crippen molar-refractivity contribution >= 4 is 17.8 Å². The Kier molecular flexibility index (Phi) is 8.62. The monoisotopic (exact) mass is 459 g/mol. The van der Waals surface area contributed by atoms with E-state index < -0.39 is 12.1 Å². The fourth-order valence-corrected chi connectivity index (χ4v) is 3.73. The lowest BCUT2D eigenvalue weighted by Gasteiger charge is -2.50. The number of alkyl halides is 3. The molecule has 32 heavy (non-hydrogen) atoms. The van der Waals surface area contributed by atoms with Crippen molar-refractivity contribution in [2.75, 3.05) is 46.4 Å². The molecule has 1 aromatic rings. The quantitative estimate of drug-likeness (QED) is 0.714. The first kappa shape index (κ1) is 25.6. The van der Waals surface area contributed by atoms with Gasteiger partial charge in [-0.15, -0.1) is 0 Å². The normalized spacial score (nSPS) is 18.5. The highest BCUT2D eigenvalue weighted by Crippen LogP contribution is 2.32. The van der Waals surface area contributed by atoms with Crippen molar-refractivity contribution in [1.29, 1.82) is 0 Å². The number of likely N-dealkylation sites (N-methyl/N-ethyl adjacent to an activating group) is 1. The molecule has 0 aromatic heterocycles. The fraction of sp³-hybridized carbons (Fsp3) is 0.571. The topological polar surface area (TPSA) is 99.2 Å². The number of nitrogens with zero attached hydrogens (tertiary/aromatic N) is 2. The van der Waals surface area contributed by atoms with Crippen LogP contribution >= 0.6 is 0 Å². The molecule has 3 rings (SSSR count). The van der Waals surface area contributed by atoms with E-state index in [-0.39, 0.29) is 17.4 Å². The van der Waals surface area contributed by atoms with Gasteiger partial charge < -0.3 is 20.1 Å². The Morgan fingerprint density at radius 2 is 1.69 bits per heavy atom. The van der Waals surface area contributed by atoms with E-state index in [4.69, 9.17) is 14.6 Å². The minimum Gasteiger partial charge on any atom is -0.475 e. The molecule has 8 nitrogen and oxygen atoms in total. The number of carboxylic acids is 1. The van der Waals surface area contributed by atoms with Gasteiger partial charge in [0.05, 0.1) is 19.8 Å². The molecule has 2 aliphatic rings. The van der Waals surface area contributed by atoms with E-state index in [2.05, 4.69) is 10.2 Å². The van der Waals surface area contributed by atoms with Crippen LogP contribution in [0.2, 0.25) is 0 Å². The van der Waals surface area contributed by atoms with E-state index in [9.17, 15) is 22.8 Å². The van der Waals surface area contributed by atoms with E-state index in [0.717, 1.165) is 30.5 Å². The summed E-state index contributed by atoms with van der Waals surface area (Å²) in [7, 11) is 1.66. The van der Waals surface area contributed by atoms with Gasteiger partial charge in [0.1, 0.15) is 0 Å². The molecule has 2 N–H and O–H groups in total. The molecule has 2 amide bonds. The molecule has 0 unspecified atom stereocenters. The van der Waals surface area contributed by atoms with E-state index in [1.807, 2.05) is 36.1 Å². The molecule has 0 atom stereocenters. The number of carbonyl (C=O) groups is 3. The molecule has 2 saturated heterocycles. The number of aryl methyl sites for hydroxylation is 1. The van der Waals surface area contributed by atoms with Gasteiger partial charge in [0.2, 0.25) is 5.91 Å². The zero-order chi connectivity index (χ0) is 23.9. The predicted octanol–water partition coefficient (Wildman–Crippen LogP) is 1.68. The maximum absolute atomic E-state index is 12.7. The zero-order valence-electron chi connectivity index (χ0n) is 18.1. The van der Waals surface area contributed by atoms with E-state index in [0.29, 0.717) is 32.8 Å². The fourth-order valence-electron chi connectivity index (χ4n) is 3.73. The Bertz CT molecular complexity index is 806. The molecular formula is C21H28F3N3O5. The lowest BCUT2D eigenvalue weighted by molar-refractivity contribution is -0.192. The maximum Gasteiger partial charge on any atom is 0.490 e. The van der Waals surface area contributed by atoms with Gasteiger partial charge >= 0.3 is 12.1 Å². The molecular weight excluding hydrogens is 431 g/mol. The van der Waals surface area contributed by atoms with Gasteiger partial charge in [-0.2, -0.15) is 13.2 Å². The van der Waals surface area contributed by atoms with Gasteiger partial charge in [0, 0.05) is 37.8 Å². The first-order valence-electron chi connectivity index (χ1n) is 10.2. The summed E-state index contributed by atoms with van der Waals surface area (Å²) >= 11 is 0. The summed E-state index contributed by atoms with van der Waals surface area (Å²) in [6.45, 7) is 5.86. The number of carbonyl (C=O) groups excluding carboxylic acids is 2. The van der Waals surface area contributed by atoms with Crippen LogP contribution in [0.1, 0.15) is 28.8 Å². The number of rotatable bonds is 3. The van der Waals surface area contributed by atoms with Crippen LogP contribution in [0, 0.1) is 6.92 Å². The number of carboxylic acid groups (broad SMARTS) is 1. The lowest BCUT2D eigenvalue weighted by Crippen LogP contribution is -2.63. The van der Waals surface area contributed by atoms with Crippen molar-refractivity contribution < 1.29 is 37.4 Å². The summed E-state index contributed by atoms with van der Waals surface area (Å²) < 4.78 is 37.5. The molecule has 2 fully saturated rings. The smallest absolute Gasteiger partial charge is 0.475 e. The number of piperidine rings is 1. The second kappa shape index (κ2) is 10.8. The van der Waals surface area contributed by atoms with Crippen LogP contribution in [0.25, 0.3) is 0 Å². The molecule has 1 aromatic carbocycles. The molecule has 2 aliphatic heterocycles. The van der Waals surface area contributed by atoms with E-state index in [1.165, 1.54) is 0 Å². The maximum atomic E-state index is 12.7. The SMILES string of the molecule is CNC(=O)CN1CCOCC12CCN(C(=O)c1ccc(C)cc1)CC2.O=C(O)C(F)(F)F. The predicted molar refractivity (Wildman–Crippen MR) is 109 cm³/mol. The van der Waals surface area contributed by atoms with Crippen LogP contribution in [0.4, 0.5) is 13.2 Å². The summed E-state index contributed by atoms with van der Waals surface area (Å²) in [5.74, 6) is -2.64. The zero-order valence-corrected chi connectivity index (χ0v) is 18.1. The summed E-state index contributed by atoms with van der Waals surface area (Å²) in [4.78, 5) is 37.6. The number of ether oxygens (including phenoxy) is 1. The molecule has 0 saturated carbocycles. The Labute approximate surface area is 184 Å². The van der Waals surface area contributed by atoms with Crippen molar-refractivity contribution in [3.8, 4) is 0 Å². The van der Waals surface area contributed by atoms with Crippen molar-refractivity contribution in [2.45, 2.75) is 31.5 Å². The van der Waals surface area contributed by atoms with Crippen LogP contribution in [0.15, 0.2) is 24.3 Å². The largest absolute Gasteiger partial charge is 0.490 e. The van der Waals surface area contributed by atoms with Crippen LogP contribution in [-0.2, 0) is 14.3 Å². The Balaban J connectivity index is 0.000000451. The third-order valence-corrected chi connectivity index (χ3v) is 5.68. The number of likely N-dealkylation sites (tertiary alicyclic amines) is 1. The van der Waals surface area contributed by atoms with Crippen LogP contribution in [0.3, 0.4) is 0 Å². The second-order valence-electron chi connectivity index (χ2n) is 7.83. The summed E-state index contributed by atoms with van der Waals surface area (Å²) in [5, 5.41) is 9.83. The first-order chi connectivity index (χ1) is 15.0. The highest BCUT2D eigenvalue weighted by Gasteiger charge is 2.43. The highest BCUT2D eigenvalue weighted by molar-refractivity contribution is 5.94. The van der Waals surface area contributed by atoms with Crippen molar-refractivity contribution in [3.63, 3.8) is 0 Å². The third-order valence-electron chi connectivity index (χ3n) is 5.68. The van der Waals surface area contributed by atoms with Crippen molar-refractivity contribution in [2.24, 2.45) is 0 Å². The van der Waals surface area contributed by atoms with Gasteiger partial charge in [-0.25, -0.2) is 4.79 Å². The first-order valence-corrected chi connectivity index (χ1v) is 10.2. The Hall–Kier alpha value is -2.66. The second-order valence-corrected chi connectivity index (χ2v) is 7.83. The minimum atomic E-state index is -5.08. The molecule has 0 aliphatic carbocycles. The van der Waals surface area contributed by atoms with Crippen molar-refractivity contribution in [1.82, 2.24) is 15.1 Å². The number of morpholine rings is 1. The van der Waals surface area contributed by atoms with Crippen LogP contribution < -0.4 is 5.32 Å². The highest BCUT2D eigenvalue weighted by atomic mass is 19.4. The van der Waals surface area contributed by atoms with Gasteiger partial charge in [0.25, 0.3) is 5.91 Å². The Morgan fingerprint density at radius 1 is 1.12 bits per heavy atom. The van der Waals surface area contributed by atoms with E-state index >= 15 is 0 Å². The molecule has 178 valence electrons. The number of halogens is 3. The van der Waals surface area contributed by atoms with Crippen molar-refractivity contribution in [3.05, 3.63) is 35.4 Å². The molecule has 2 heterocycles. The third kappa shape index (κ3) is 6.67. The van der Waals surface area contributed by atoms with E-state index in [1.54, 1.807) is 7.05 Å². The molecule has 1 spiro atoms. The number of amides is 2. The van der Waals surface area contributed by atoms with Gasteiger partial charge in [-0.3, -0.25) is 14.5 Å². The Morgan fingerprint density at radius 3 is 2.19 bits per heavy atom. The lowest BCUT2D eigenvalue weighted by atomic mass is 9.85. The number of nitrogens with one attached hydrogen (secondary N) is 1. The number of aliphatic carboxylic acids is 1. The summed E-state index contributed by atoms with van der Waals surface area (Å²) in [5.41, 5.74) is 1.76.